The zero-order valence-corrected chi connectivity index (χ0v) is 12.6. The van der Waals surface area contributed by atoms with Gasteiger partial charge in [-0.05, 0) is 40.9 Å². The molecule has 0 aromatic heterocycles. The second-order valence-electron chi connectivity index (χ2n) is 4.58. The van der Waals surface area contributed by atoms with Crippen LogP contribution in [0.5, 0.6) is 0 Å². The van der Waals surface area contributed by atoms with E-state index in [2.05, 4.69) is 21.2 Å². The summed E-state index contributed by atoms with van der Waals surface area (Å²) in [6, 6.07) is 4.38. The summed E-state index contributed by atoms with van der Waals surface area (Å²) >= 11 is 9.08. The molecule has 1 aliphatic heterocycles. The predicted octanol–water partition coefficient (Wildman–Crippen LogP) is 3.11. The van der Waals surface area contributed by atoms with Gasteiger partial charge in [0.1, 0.15) is 5.82 Å². The first-order chi connectivity index (χ1) is 9.08. The Hall–Kier alpha value is -0.650. The van der Waals surface area contributed by atoms with Gasteiger partial charge in [-0.3, -0.25) is 4.79 Å². The molecule has 1 amide bonds. The fourth-order valence-corrected chi connectivity index (χ4v) is 2.82. The van der Waals surface area contributed by atoms with Gasteiger partial charge in [0.15, 0.2) is 0 Å². The number of hydrogen-bond acceptors (Lipinski definition) is 2. The molecule has 1 aliphatic rings. The highest BCUT2D eigenvalue weighted by molar-refractivity contribution is 9.10. The average Bonchev–Trinajstić information content (AvgIpc) is 2.42. The van der Waals surface area contributed by atoms with E-state index in [1.165, 1.54) is 12.1 Å². The smallest absolute Gasteiger partial charge is 0.253 e. The van der Waals surface area contributed by atoms with Gasteiger partial charge < -0.3 is 10.1 Å². The standard InChI is InChI=1S/C13H14BrClFNO2/c14-11-9(2-1-3-10(11)16)12(18)17-13(8-15)4-6-19-7-5-13/h1-3H,4-8H2,(H,17,18). The van der Waals surface area contributed by atoms with Gasteiger partial charge in [-0.25, -0.2) is 4.39 Å². The molecule has 2 rings (SSSR count). The molecule has 0 radical (unpaired) electrons. The average molecular weight is 351 g/mol. The Morgan fingerprint density at radius 1 is 1.47 bits per heavy atom. The molecular weight excluding hydrogens is 337 g/mol. The molecular formula is C13H14BrClFNO2. The van der Waals surface area contributed by atoms with Crippen molar-refractivity contribution in [3.05, 3.63) is 34.1 Å². The van der Waals surface area contributed by atoms with Crippen molar-refractivity contribution in [1.29, 1.82) is 0 Å². The molecule has 0 spiro atoms. The van der Waals surface area contributed by atoms with Crippen molar-refractivity contribution < 1.29 is 13.9 Å². The molecule has 0 saturated carbocycles. The van der Waals surface area contributed by atoms with Gasteiger partial charge >= 0.3 is 0 Å². The second kappa shape index (κ2) is 6.20. The van der Waals surface area contributed by atoms with Crippen LogP contribution in [0.25, 0.3) is 0 Å². The molecule has 0 bridgehead atoms. The highest BCUT2D eigenvalue weighted by Crippen LogP contribution is 2.25. The Kier molecular flexibility index (Phi) is 4.81. The van der Waals surface area contributed by atoms with Crippen LogP contribution in [0.2, 0.25) is 0 Å². The third kappa shape index (κ3) is 3.27. The van der Waals surface area contributed by atoms with E-state index >= 15 is 0 Å². The van der Waals surface area contributed by atoms with E-state index in [0.29, 0.717) is 31.9 Å². The summed E-state index contributed by atoms with van der Waals surface area (Å²) in [5, 5.41) is 2.92. The maximum atomic E-state index is 13.4. The molecule has 6 heteroatoms. The minimum Gasteiger partial charge on any atom is -0.381 e. The number of ether oxygens (including phenoxy) is 1. The predicted molar refractivity (Wildman–Crippen MR) is 75.1 cm³/mol. The summed E-state index contributed by atoms with van der Waals surface area (Å²) < 4.78 is 18.9. The molecule has 3 nitrogen and oxygen atoms in total. The van der Waals surface area contributed by atoms with E-state index in [-0.39, 0.29) is 15.9 Å². The van der Waals surface area contributed by atoms with Crippen LogP contribution in [0.4, 0.5) is 4.39 Å². The zero-order chi connectivity index (χ0) is 13.9. The van der Waals surface area contributed by atoms with Crippen molar-refractivity contribution in [2.45, 2.75) is 18.4 Å². The van der Waals surface area contributed by atoms with Gasteiger partial charge in [0.25, 0.3) is 5.91 Å². The first-order valence-electron chi connectivity index (χ1n) is 5.98. The molecule has 0 unspecified atom stereocenters. The molecule has 0 atom stereocenters. The minimum absolute atomic E-state index is 0.171. The van der Waals surface area contributed by atoms with Gasteiger partial charge in [0.2, 0.25) is 0 Å². The first-order valence-corrected chi connectivity index (χ1v) is 7.31. The molecule has 1 N–H and O–H groups in total. The number of carbonyl (C=O) groups is 1. The summed E-state index contributed by atoms with van der Waals surface area (Å²) in [4.78, 5) is 12.2. The quantitative estimate of drug-likeness (QED) is 0.851. The zero-order valence-electron chi connectivity index (χ0n) is 10.2. The number of hydrogen-bond donors (Lipinski definition) is 1. The van der Waals surface area contributed by atoms with E-state index in [9.17, 15) is 9.18 Å². The largest absolute Gasteiger partial charge is 0.381 e. The molecule has 1 heterocycles. The Labute approximate surface area is 124 Å². The number of nitrogens with one attached hydrogen (secondary N) is 1. The van der Waals surface area contributed by atoms with Gasteiger partial charge in [-0.15, -0.1) is 11.6 Å². The fraction of sp³-hybridized carbons (Fsp3) is 0.462. The lowest BCUT2D eigenvalue weighted by molar-refractivity contribution is 0.0433. The molecule has 104 valence electrons. The number of amides is 1. The van der Waals surface area contributed by atoms with E-state index in [4.69, 9.17) is 16.3 Å². The molecule has 1 fully saturated rings. The van der Waals surface area contributed by atoms with E-state index in [1.54, 1.807) is 6.07 Å². The third-order valence-corrected chi connectivity index (χ3v) is 4.60. The Bertz CT molecular complexity index is 478. The Morgan fingerprint density at radius 3 is 2.79 bits per heavy atom. The number of rotatable bonds is 3. The lowest BCUT2D eigenvalue weighted by atomic mass is 9.92. The van der Waals surface area contributed by atoms with E-state index in [1.807, 2.05) is 0 Å². The van der Waals surface area contributed by atoms with Gasteiger partial charge in [0, 0.05) is 19.1 Å². The van der Waals surface area contributed by atoms with Crippen LogP contribution < -0.4 is 5.32 Å². The third-order valence-electron chi connectivity index (χ3n) is 3.28. The number of carbonyl (C=O) groups excluding carboxylic acids is 1. The molecule has 0 aliphatic carbocycles. The Morgan fingerprint density at radius 2 is 2.16 bits per heavy atom. The molecule has 19 heavy (non-hydrogen) atoms. The summed E-state index contributed by atoms with van der Waals surface area (Å²) in [5.41, 5.74) is -0.196. The highest BCUT2D eigenvalue weighted by atomic mass is 79.9. The number of alkyl halides is 1. The lowest BCUT2D eigenvalue weighted by Crippen LogP contribution is -2.53. The topological polar surface area (TPSA) is 38.3 Å². The normalized spacial score (nSPS) is 18.1. The minimum atomic E-state index is -0.470. The van der Waals surface area contributed by atoms with Gasteiger partial charge in [-0.1, -0.05) is 6.07 Å². The van der Waals surface area contributed by atoms with Gasteiger partial charge in [-0.2, -0.15) is 0 Å². The maximum Gasteiger partial charge on any atom is 0.253 e. The Balaban J connectivity index is 2.17. The van der Waals surface area contributed by atoms with Gasteiger partial charge in [0.05, 0.1) is 15.6 Å². The molecule has 1 aromatic carbocycles. The van der Waals surface area contributed by atoms with E-state index < -0.39 is 11.4 Å². The highest BCUT2D eigenvalue weighted by Gasteiger charge is 2.34. The fourth-order valence-electron chi connectivity index (χ4n) is 2.04. The molecule has 1 aromatic rings. The van der Waals surface area contributed by atoms with Crippen LogP contribution in [0.1, 0.15) is 23.2 Å². The summed E-state index contributed by atoms with van der Waals surface area (Å²) in [7, 11) is 0. The van der Waals surface area contributed by atoms with E-state index in [0.717, 1.165) is 0 Å². The van der Waals surface area contributed by atoms with Crippen LogP contribution in [-0.2, 0) is 4.74 Å². The van der Waals surface area contributed by atoms with Crippen molar-refractivity contribution in [2.24, 2.45) is 0 Å². The van der Waals surface area contributed by atoms with Crippen molar-refractivity contribution in [1.82, 2.24) is 5.32 Å². The van der Waals surface area contributed by atoms with Crippen LogP contribution >= 0.6 is 27.5 Å². The number of benzene rings is 1. The van der Waals surface area contributed by atoms with Crippen LogP contribution in [0.3, 0.4) is 0 Å². The monoisotopic (exact) mass is 349 g/mol. The molecule has 1 saturated heterocycles. The van der Waals surface area contributed by atoms with Crippen molar-refractivity contribution in [3.63, 3.8) is 0 Å². The summed E-state index contributed by atoms with van der Waals surface area (Å²) in [6.45, 7) is 1.13. The van der Waals surface area contributed by atoms with Crippen molar-refractivity contribution in [3.8, 4) is 0 Å². The first kappa shape index (κ1) is 14.8. The SMILES string of the molecule is O=C(NC1(CCl)CCOCC1)c1cccc(F)c1Br. The lowest BCUT2D eigenvalue weighted by Gasteiger charge is -2.36. The van der Waals surface area contributed by atoms with Crippen LogP contribution in [-0.4, -0.2) is 30.5 Å². The van der Waals surface area contributed by atoms with Crippen LogP contribution in [0.15, 0.2) is 22.7 Å². The van der Waals surface area contributed by atoms with Crippen molar-refractivity contribution >= 4 is 33.4 Å². The summed E-state index contributed by atoms with van der Waals surface area (Å²) in [6.07, 6.45) is 1.32. The number of halogens is 3. The second-order valence-corrected chi connectivity index (χ2v) is 5.64. The van der Waals surface area contributed by atoms with Crippen LogP contribution in [0, 0.1) is 5.82 Å². The maximum absolute atomic E-state index is 13.4. The van der Waals surface area contributed by atoms with Crippen molar-refractivity contribution in [2.75, 3.05) is 19.1 Å². The summed E-state index contributed by atoms with van der Waals surface area (Å²) in [5.74, 6) is -0.469.